The lowest BCUT2D eigenvalue weighted by molar-refractivity contribution is -0.137. The molecule has 0 unspecified atom stereocenters. The van der Waals surface area contributed by atoms with Crippen LogP contribution in [0.2, 0.25) is 0 Å². The van der Waals surface area contributed by atoms with Gasteiger partial charge in [0.1, 0.15) is 5.70 Å². The maximum Gasteiger partial charge on any atom is 0.277 e. The zero-order valence-corrected chi connectivity index (χ0v) is 11.4. The molecule has 0 atom stereocenters. The predicted octanol–water partition coefficient (Wildman–Crippen LogP) is -0.297. The molecule has 7 nitrogen and oxygen atoms in total. The number of carbonyl (C=O) groups is 3. The number of nitrogens with zero attached hydrogens (tertiary/aromatic N) is 1. The lowest BCUT2D eigenvalue weighted by atomic mass is 10.2. The Hall–Kier alpha value is -2.67. The molecule has 110 valence electrons. The number of benzene rings is 1. The normalized spacial score (nSPS) is 14.2. The van der Waals surface area contributed by atoms with Crippen LogP contribution in [0.3, 0.4) is 0 Å². The Morgan fingerprint density at radius 3 is 2.76 bits per heavy atom. The van der Waals surface area contributed by atoms with E-state index in [1.165, 1.54) is 13.1 Å². The molecular formula is C14H15N3O4. The van der Waals surface area contributed by atoms with Crippen molar-refractivity contribution >= 4 is 23.4 Å². The van der Waals surface area contributed by atoms with Crippen molar-refractivity contribution in [3.05, 3.63) is 41.6 Å². The summed E-state index contributed by atoms with van der Waals surface area (Å²) >= 11 is 0. The van der Waals surface area contributed by atoms with Gasteiger partial charge in [-0.3, -0.25) is 19.3 Å². The second-order valence-corrected chi connectivity index (χ2v) is 4.36. The van der Waals surface area contributed by atoms with Gasteiger partial charge in [-0.2, -0.15) is 0 Å². The van der Waals surface area contributed by atoms with Gasteiger partial charge >= 0.3 is 0 Å². The topological polar surface area (TPSA) is 98.7 Å². The van der Waals surface area contributed by atoms with E-state index < -0.39 is 11.8 Å². The van der Waals surface area contributed by atoms with E-state index in [9.17, 15) is 14.4 Å². The molecule has 0 spiro atoms. The summed E-state index contributed by atoms with van der Waals surface area (Å²) in [6, 6.07) is 6.56. The maximum atomic E-state index is 12.0. The molecule has 0 fully saturated rings. The Morgan fingerprint density at radius 1 is 1.33 bits per heavy atom. The van der Waals surface area contributed by atoms with Gasteiger partial charge in [0.2, 0.25) is 0 Å². The number of hydrogen-bond donors (Lipinski definition) is 3. The van der Waals surface area contributed by atoms with Crippen molar-refractivity contribution < 1.29 is 19.5 Å². The number of β-amino-alcohol motifs (C(OH)–C–C–N with tert-alkyl or cyclic N) is 1. The van der Waals surface area contributed by atoms with Gasteiger partial charge in [-0.15, -0.1) is 0 Å². The number of anilines is 1. The molecule has 2 rings (SSSR count). The van der Waals surface area contributed by atoms with Crippen LogP contribution < -0.4 is 10.6 Å². The predicted molar refractivity (Wildman–Crippen MR) is 75.3 cm³/mol. The lowest BCUT2D eigenvalue weighted by Gasteiger charge is -2.13. The first-order valence-electron chi connectivity index (χ1n) is 6.34. The van der Waals surface area contributed by atoms with E-state index in [1.54, 1.807) is 24.3 Å². The van der Waals surface area contributed by atoms with Crippen molar-refractivity contribution in [2.45, 2.75) is 0 Å². The first kappa shape index (κ1) is 14.7. The molecule has 1 aromatic rings. The lowest BCUT2D eigenvalue weighted by Crippen LogP contribution is -2.34. The van der Waals surface area contributed by atoms with Crippen LogP contribution in [-0.2, 0) is 9.59 Å². The average molecular weight is 289 g/mol. The van der Waals surface area contributed by atoms with Gasteiger partial charge in [0.05, 0.1) is 13.2 Å². The second kappa shape index (κ2) is 6.19. The van der Waals surface area contributed by atoms with Gasteiger partial charge in [0, 0.05) is 24.4 Å². The molecule has 0 saturated heterocycles. The second-order valence-electron chi connectivity index (χ2n) is 4.36. The molecule has 7 heteroatoms. The van der Waals surface area contributed by atoms with Gasteiger partial charge in [-0.25, -0.2) is 0 Å². The molecule has 0 aromatic heterocycles. The van der Waals surface area contributed by atoms with Crippen LogP contribution in [0.4, 0.5) is 5.69 Å². The van der Waals surface area contributed by atoms with Crippen LogP contribution in [0.15, 0.2) is 36.0 Å². The molecule has 3 amide bonds. The van der Waals surface area contributed by atoms with E-state index >= 15 is 0 Å². The minimum atomic E-state index is -0.501. The molecule has 0 bridgehead atoms. The first-order chi connectivity index (χ1) is 10.1. The molecule has 1 heterocycles. The molecule has 1 aliphatic rings. The number of aliphatic hydroxyl groups is 1. The summed E-state index contributed by atoms with van der Waals surface area (Å²) in [5, 5.41) is 14.1. The third-order valence-corrected chi connectivity index (χ3v) is 2.96. The van der Waals surface area contributed by atoms with Gasteiger partial charge in [-0.05, 0) is 18.2 Å². The summed E-state index contributed by atoms with van der Waals surface area (Å²) in [4.78, 5) is 36.1. The van der Waals surface area contributed by atoms with Crippen LogP contribution in [0.25, 0.3) is 0 Å². The van der Waals surface area contributed by atoms with Crippen molar-refractivity contribution in [3.8, 4) is 0 Å². The zero-order chi connectivity index (χ0) is 15.4. The number of carbonyl (C=O) groups excluding carboxylic acids is 3. The van der Waals surface area contributed by atoms with Gasteiger partial charge in [0.25, 0.3) is 17.7 Å². The van der Waals surface area contributed by atoms with E-state index in [2.05, 4.69) is 10.6 Å². The maximum absolute atomic E-state index is 12.0. The Bertz CT molecular complexity index is 624. The molecule has 3 N–H and O–H groups in total. The molecule has 1 aliphatic heterocycles. The first-order valence-corrected chi connectivity index (χ1v) is 6.34. The van der Waals surface area contributed by atoms with Crippen LogP contribution in [0, 0.1) is 0 Å². The van der Waals surface area contributed by atoms with E-state index in [-0.39, 0.29) is 24.8 Å². The third-order valence-electron chi connectivity index (χ3n) is 2.96. The van der Waals surface area contributed by atoms with Gasteiger partial charge in [-0.1, -0.05) is 6.07 Å². The van der Waals surface area contributed by atoms with Crippen LogP contribution in [0.5, 0.6) is 0 Å². The fraction of sp³-hybridized carbons (Fsp3) is 0.214. The number of nitrogens with one attached hydrogen (secondary N) is 2. The van der Waals surface area contributed by atoms with E-state index in [4.69, 9.17) is 5.11 Å². The number of rotatable bonds is 5. The summed E-state index contributed by atoms with van der Waals surface area (Å²) in [6.07, 6.45) is 1.17. The molecule has 0 radical (unpaired) electrons. The molecule has 0 saturated carbocycles. The minimum Gasteiger partial charge on any atom is -0.395 e. The zero-order valence-electron chi connectivity index (χ0n) is 11.4. The summed E-state index contributed by atoms with van der Waals surface area (Å²) in [5.74, 6) is -1.22. The molecule has 21 heavy (non-hydrogen) atoms. The molecule has 0 aliphatic carbocycles. The highest BCUT2D eigenvalue weighted by Crippen LogP contribution is 2.18. The minimum absolute atomic E-state index is 0.0440. The number of imide groups is 1. The Kier molecular flexibility index (Phi) is 4.34. The van der Waals surface area contributed by atoms with E-state index in [1.807, 2.05) is 0 Å². The van der Waals surface area contributed by atoms with Gasteiger partial charge < -0.3 is 15.7 Å². The molecular weight excluding hydrogens is 274 g/mol. The largest absolute Gasteiger partial charge is 0.395 e. The third kappa shape index (κ3) is 3.09. The highest BCUT2D eigenvalue weighted by Gasteiger charge is 2.30. The average Bonchev–Trinajstić information content (AvgIpc) is 2.75. The summed E-state index contributed by atoms with van der Waals surface area (Å²) in [6.45, 7) is -0.331. The standard InChI is InChI=1S/C14H15N3O4/c1-15-13(20)9-3-2-4-10(7-9)16-11-8-12(19)17(5-6-18)14(11)21/h2-4,7-8,16,18H,5-6H2,1H3,(H,15,20). The van der Waals surface area contributed by atoms with Crippen LogP contribution in [-0.4, -0.2) is 47.9 Å². The quantitative estimate of drug-likeness (QED) is 0.647. The van der Waals surface area contributed by atoms with Crippen molar-refractivity contribution in [1.82, 2.24) is 10.2 Å². The van der Waals surface area contributed by atoms with Crippen LogP contribution >= 0.6 is 0 Å². The number of aliphatic hydroxyl groups excluding tert-OH is 1. The Labute approximate surface area is 121 Å². The van der Waals surface area contributed by atoms with E-state index in [0.29, 0.717) is 11.3 Å². The monoisotopic (exact) mass is 289 g/mol. The summed E-state index contributed by atoms with van der Waals surface area (Å²) in [5.41, 5.74) is 1.07. The van der Waals surface area contributed by atoms with Crippen molar-refractivity contribution in [2.75, 3.05) is 25.5 Å². The number of hydrogen-bond acceptors (Lipinski definition) is 5. The van der Waals surface area contributed by atoms with Crippen molar-refractivity contribution in [1.29, 1.82) is 0 Å². The number of amides is 3. The SMILES string of the molecule is CNC(=O)c1cccc(NC2=CC(=O)N(CCO)C2=O)c1. The molecule has 1 aromatic carbocycles. The smallest absolute Gasteiger partial charge is 0.277 e. The summed E-state index contributed by atoms with van der Waals surface area (Å²) in [7, 11) is 1.52. The van der Waals surface area contributed by atoms with Crippen LogP contribution in [0.1, 0.15) is 10.4 Å². The Morgan fingerprint density at radius 2 is 2.10 bits per heavy atom. The fourth-order valence-corrected chi connectivity index (χ4v) is 1.95. The Balaban J connectivity index is 2.16. The van der Waals surface area contributed by atoms with Crippen molar-refractivity contribution in [3.63, 3.8) is 0 Å². The van der Waals surface area contributed by atoms with E-state index in [0.717, 1.165) is 4.90 Å². The highest BCUT2D eigenvalue weighted by molar-refractivity contribution is 6.17. The van der Waals surface area contributed by atoms with Crippen molar-refractivity contribution in [2.24, 2.45) is 0 Å². The summed E-state index contributed by atoms with van der Waals surface area (Å²) < 4.78 is 0. The fourth-order valence-electron chi connectivity index (χ4n) is 1.95. The van der Waals surface area contributed by atoms with Gasteiger partial charge in [0.15, 0.2) is 0 Å². The highest BCUT2D eigenvalue weighted by atomic mass is 16.3.